The Bertz CT molecular complexity index is 353. The van der Waals surface area contributed by atoms with Crippen LogP contribution >= 0.6 is 0 Å². The Hall–Kier alpha value is -1.30. The molecule has 1 aromatic rings. The summed E-state index contributed by atoms with van der Waals surface area (Å²) in [5, 5.41) is 0. The average Bonchev–Trinajstić information content (AvgIpc) is 2.39. The second-order valence-corrected chi connectivity index (χ2v) is 4.50. The van der Waals surface area contributed by atoms with Crippen LogP contribution in [0.2, 0.25) is 0 Å². The summed E-state index contributed by atoms with van der Waals surface area (Å²) in [5.74, 6) is 9.26. The van der Waals surface area contributed by atoms with E-state index in [0.717, 1.165) is 6.42 Å². The van der Waals surface area contributed by atoms with E-state index in [-0.39, 0.29) is 6.04 Å². The SMILES string of the molecule is C#CCC(NN)C(c1ccccc1)C(C)CC. The standard InChI is InChI=1S/C15H22N2/c1-4-9-14(17-16)15(12(3)5-2)13-10-7-6-8-11-13/h1,6-8,10-12,14-15,17H,5,9,16H2,2-3H3. The van der Waals surface area contributed by atoms with Crippen molar-refractivity contribution in [1.82, 2.24) is 5.43 Å². The Balaban J connectivity index is 2.99. The van der Waals surface area contributed by atoms with Crippen LogP contribution in [0, 0.1) is 18.3 Å². The smallest absolute Gasteiger partial charge is 0.0390 e. The second-order valence-electron chi connectivity index (χ2n) is 4.50. The van der Waals surface area contributed by atoms with Gasteiger partial charge in [-0.15, -0.1) is 12.3 Å². The summed E-state index contributed by atoms with van der Waals surface area (Å²) in [7, 11) is 0. The minimum absolute atomic E-state index is 0.136. The van der Waals surface area contributed by atoms with Gasteiger partial charge in [0.2, 0.25) is 0 Å². The lowest BCUT2D eigenvalue weighted by atomic mass is 9.79. The molecule has 3 N–H and O–H groups in total. The van der Waals surface area contributed by atoms with Crippen molar-refractivity contribution in [2.75, 3.05) is 0 Å². The maximum Gasteiger partial charge on any atom is 0.0390 e. The minimum atomic E-state index is 0.136. The largest absolute Gasteiger partial charge is 0.271 e. The Labute approximate surface area is 105 Å². The first-order chi connectivity index (χ1) is 8.24. The van der Waals surface area contributed by atoms with Crippen LogP contribution in [-0.2, 0) is 0 Å². The zero-order chi connectivity index (χ0) is 12.7. The van der Waals surface area contributed by atoms with Gasteiger partial charge < -0.3 is 0 Å². The number of nitrogens with two attached hydrogens (primary N) is 1. The highest BCUT2D eigenvalue weighted by molar-refractivity contribution is 5.22. The van der Waals surface area contributed by atoms with E-state index < -0.39 is 0 Å². The molecule has 3 atom stereocenters. The third-order valence-corrected chi connectivity index (χ3v) is 3.43. The highest BCUT2D eigenvalue weighted by Crippen LogP contribution is 2.31. The molecule has 1 aromatic carbocycles. The molecule has 0 aliphatic rings. The van der Waals surface area contributed by atoms with E-state index in [1.54, 1.807) is 0 Å². The maximum atomic E-state index is 5.64. The van der Waals surface area contributed by atoms with Gasteiger partial charge in [0.15, 0.2) is 0 Å². The lowest BCUT2D eigenvalue weighted by Crippen LogP contribution is -2.41. The van der Waals surface area contributed by atoms with Gasteiger partial charge in [-0.2, -0.15) is 0 Å². The fourth-order valence-electron chi connectivity index (χ4n) is 2.30. The molecular formula is C15H22N2. The molecule has 0 heterocycles. The normalized spacial score (nSPS) is 15.9. The van der Waals surface area contributed by atoms with Gasteiger partial charge in [0.05, 0.1) is 0 Å². The number of nitrogens with one attached hydrogen (secondary N) is 1. The summed E-state index contributed by atoms with van der Waals surface area (Å²) in [6, 6.07) is 10.6. The Kier molecular flexibility index (Phi) is 5.76. The van der Waals surface area contributed by atoms with Gasteiger partial charge in [0, 0.05) is 18.4 Å². The van der Waals surface area contributed by atoms with Gasteiger partial charge in [-0.05, 0) is 11.5 Å². The summed E-state index contributed by atoms with van der Waals surface area (Å²) in [6.07, 6.45) is 7.18. The van der Waals surface area contributed by atoms with Crippen molar-refractivity contribution in [1.29, 1.82) is 0 Å². The molecule has 3 unspecified atom stereocenters. The van der Waals surface area contributed by atoms with Gasteiger partial charge in [0.1, 0.15) is 0 Å². The Morgan fingerprint density at radius 1 is 1.35 bits per heavy atom. The van der Waals surface area contributed by atoms with E-state index in [0.29, 0.717) is 18.3 Å². The molecule has 0 aromatic heterocycles. The van der Waals surface area contributed by atoms with Crippen molar-refractivity contribution < 1.29 is 0 Å². The van der Waals surface area contributed by atoms with Gasteiger partial charge in [0.25, 0.3) is 0 Å². The number of benzene rings is 1. The van der Waals surface area contributed by atoms with Crippen LogP contribution in [0.25, 0.3) is 0 Å². The zero-order valence-corrected chi connectivity index (χ0v) is 10.7. The fraction of sp³-hybridized carbons (Fsp3) is 0.467. The number of hydrazine groups is 1. The first kappa shape index (κ1) is 13.8. The molecule has 0 bridgehead atoms. The van der Waals surface area contributed by atoms with Crippen molar-refractivity contribution in [2.45, 2.75) is 38.6 Å². The number of hydrogen-bond donors (Lipinski definition) is 2. The fourth-order valence-corrected chi connectivity index (χ4v) is 2.30. The summed E-state index contributed by atoms with van der Waals surface area (Å²) >= 11 is 0. The van der Waals surface area contributed by atoms with E-state index in [1.807, 2.05) is 6.07 Å². The summed E-state index contributed by atoms with van der Waals surface area (Å²) in [6.45, 7) is 4.45. The van der Waals surface area contributed by atoms with Crippen molar-refractivity contribution >= 4 is 0 Å². The van der Waals surface area contributed by atoms with Crippen LogP contribution in [0.4, 0.5) is 0 Å². The van der Waals surface area contributed by atoms with Gasteiger partial charge in [-0.25, -0.2) is 0 Å². The van der Waals surface area contributed by atoms with Crippen LogP contribution in [0.5, 0.6) is 0 Å². The molecule has 0 aliphatic carbocycles. The van der Waals surface area contributed by atoms with Crippen LogP contribution in [-0.4, -0.2) is 6.04 Å². The third kappa shape index (κ3) is 3.59. The molecular weight excluding hydrogens is 208 g/mol. The van der Waals surface area contributed by atoms with Crippen LogP contribution < -0.4 is 11.3 Å². The molecule has 0 spiro atoms. The highest BCUT2D eigenvalue weighted by Gasteiger charge is 2.25. The van der Waals surface area contributed by atoms with E-state index in [1.165, 1.54) is 5.56 Å². The number of hydrogen-bond acceptors (Lipinski definition) is 2. The first-order valence-electron chi connectivity index (χ1n) is 6.19. The molecule has 0 aliphatic heterocycles. The summed E-state index contributed by atoms with van der Waals surface area (Å²) in [5.41, 5.74) is 4.18. The summed E-state index contributed by atoms with van der Waals surface area (Å²) < 4.78 is 0. The van der Waals surface area contributed by atoms with Crippen LogP contribution in [0.15, 0.2) is 30.3 Å². The zero-order valence-electron chi connectivity index (χ0n) is 10.7. The molecule has 92 valence electrons. The van der Waals surface area contributed by atoms with E-state index in [9.17, 15) is 0 Å². The predicted molar refractivity (Wildman–Crippen MR) is 73.2 cm³/mol. The number of rotatable bonds is 6. The summed E-state index contributed by atoms with van der Waals surface area (Å²) in [4.78, 5) is 0. The average molecular weight is 230 g/mol. The molecule has 1 rings (SSSR count). The van der Waals surface area contributed by atoms with Crippen molar-refractivity contribution in [3.8, 4) is 12.3 Å². The number of terminal acetylenes is 1. The van der Waals surface area contributed by atoms with Crippen LogP contribution in [0.3, 0.4) is 0 Å². The molecule has 2 heteroatoms. The van der Waals surface area contributed by atoms with Crippen molar-refractivity contribution in [3.63, 3.8) is 0 Å². The molecule has 17 heavy (non-hydrogen) atoms. The van der Waals surface area contributed by atoms with Crippen molar-refractivity contribution in [3.05, 3.63) is 35.9 Å². The Morgan fingerprint density at radius 3 is 2.47 bits per heavy atom. The van der Waals surface area contributed by atoms with Gasteiger partial charge in [-0.3, -0.25) is 11.3 Å². The van der Waals surface area contributed by atoms with E-state index in [2.05, 4.69) is 49.5 Å². The van der Waals surface area contributed by atoms with Gasteiger partial charge >= 0.3 is 0 Å². The second kappa shape index (κ2) is 7.11. The minimum Gasteiger partial charge on any atom is -0.271 e. The molecule has 0 saturated heterocycles. The molecule has 2 nitrogen and oxygen atoms in total. The van der Waals surface area contributed by atoms with Crippen LogP contribution in [0.1, 0.15) is 38.2 Å². The molecule has 0 saturated carbocycles. The Morgan fingerprint density at radius 2 is 2.00 bits per heavy atom. The molecule has 0 amide bonds. The topological polar surface area (TPSA) is 38.0 Å². The highest BCUT2D eigenvalue weighted by atomic mass is 15.2. The maximum absolute atomic E-state index is 5.64. The van der Waals surface area contributed by atoms with E-state index in [4.69, 9.17) is 12.3 Å². The van der Waals surface area contributed by atoms with Gasteiger partial charge in [-0.1, -0.05) is 50.6 Å². The lowest BCUT2D eigenvalue weighted by molar-refractivity contribution is 0.341. The lowest BCUT2D eigenvalue weighted by Gasteiger charge is -2.30. The third-order valence-electron chi connectivity index (χ3n) is 3.43. The first-order valence-corrected chi connectivity index (χ1v) is 6.19. The monoisotopic (exact) mass is 230 g/mol. The molecule has 0 fully saturated rings. The quantitative estimate of drug-likeness (QED) is 0.448. The van der Waals surface area contributed by atoms with E-state index >= 15 is 0 Å². The van der Waals surface area contributed by atoms with Crippen molar-refractivity contribution in [2.24, 2.45) is 11.8 Å². The molecule has 0 radical (unpaired) electrons. The predicted octanol–water partition coefficient (Wildman–Crippen LogP) is 2.67.